The molecule has 0 heterocycles. The third-order valence-electron chi connectivity index (χ3n) is 3.82. The molecule has 132 valence electrons. The minimum absolute atomic E-state index is 0.0449. The third kappa shape index (κ3) is 17.5. The fraction of sp³-hybridized carbons (Fsp3) is 0.947. The highest BCUT2D eigenvalue weighted by Crippen LogP contribution is 2.10. The van der Waals surface area contributed by atoms with Crippen molar-refractivity contribution in [3.63, 3.8) is 0 Å². The molecule has 0 aromatic carbocycles. The van der Waals surface area contributed by atoms with E-state index in [1.165, 1.54) is 44.9 Å². The van der Waals surface area contributed by atoms with Gasteiger partial charge in [-0.05, 0) is 12.8 Å². The maximum absolute atomic E-state index is 11.5. The van der Waals surface area contributed by atoms with E-state index in [0.29, 0.717) is 19.6 Å². The van der Waals surface area contributed by atoms with Crippen LogP contribution in [0.25, 0.3) is 0 Å². The smallest absolute Gasteiger partial charge is 0.305 e. The van der Waals surface area contributed by atoms with Crippen molar-refractivity contribution in [2.75, 3.05) is 19.8 Å². The summed E-state index contributed by atoms with van der Waals surface area (Å²) in [4.78, 5) is 11.5. The predicted molar refractivity (Wildman–Crippen MR) is 93.1 cm³/mol. The van der Waals surface area contributed by atoms with Gasteiger partial charge in [-0.1, -0.05) is 71.6 Å². The van der Waals surface area contributed by atoms with Crippen molar-refractivity contribution in [2.45, 2.75) is 97.3 Å². The number of unbranched alkanes of at least 4 members (excludes halogenated alkanes) is 9. The van der Waals surface area contributed by atoms with E-state index in [4.69, 9.17) is 9.47 Å². The van der Waals surface area contributed by atoms with Crippen LogP contribution in [0, 0.1) is 0 Å². The van der Waals surface area contributed by atoms with E-state index >= 15 is 0 Å². The molecule has 3 heteroatoms. The number of rotatable bonds is 17. The summed E-state index contributed by atoms with van der Waals surface area (Å²) >= 11 is 0. The van der Waals surface area contributed by atoms with Gasteiger partial charge in [-0.15, -0.1) is 0 Å². The molecule has 0 bridgehead atoms. The highest BCUT2D eigenvalue weighted by Gasteiger charge is 2.02. The Balaban J connectivity index is 3.13. The molecule has 0 amide bonds. The molecule has 3 nitrogen and oxygen atoms in total. The molecule has 0 atom stereocenters. The lowest BCUT2D eigenvalue weighted by atomic mass is 10.1. The average Bonchev–Trinajstić information content (AvgIpc) is 2.52. The predicted octanol–water partition coefficient (Wildman–Crippen LogP) is 5.66. The number of hydrogen-bond acceptors (Lipinski definition) is 3. The van der Waals surface area contributed by atoms with Crippen LogP contribution >= 0.6 is 0 Å². The molecule has 0 saturated carbocycles. The summed E-state index contributed by atoms with van der Waals surface area (Å²) in [5.41, 5.74) is 0. The molecule has 0 fully saturated rings. The van der Waals surface area contributed by atoms with E-state index in [2.05, 4.69) is 13.8 Å². The summed E-state index contributed by atoms with van der Waals surface area (Å²) in [7, 11) is 0. The molecule has 0 aliphatic carbocycles. The second-order valence-corrected chi connectivity index (χ2v) is 6.12. The molecule has 0 unspecified atom stereocenters. The van der Waals surface area contributed by atoms with Crippen molar-refractivity contribution in [1.82, 2.24) is 0 Å². The highest BCUT2D eigenvalue weighted by atomic mass is 16.5. The van der Waals surface area contributed by atoms with E-state index in [1.807, 2.05) is 0 Å². The van der Waals surface area contributed by atoms with Gasteiger partial charge in [-0.3, -0.25) is 4.79 Å². The Bertz CT molecular complexity index is 229. The summed E-state index contributed by atoms with van der Waals surface area (Å²) in [6, 6.07) is 0. The van der Waals surface area contributed by atoms with E-state index in [0.717, 1.165) is 38.7 Å². The zero-order valence-corrected chi connectivity index (χ0v) is 15.0. The molecule has 0 rings (SSSR count). The molecule has 0 aliphatic heterocycles. The summed E-state index contributed by atoms with van der Waals surface area (Å²) in [5.74, 6) is -0.0449. The molecule has 0 aliphatic rings. The summed E-state index contributed by atoms with van der Waals surface area (Å²) in [5, 5.41) is 0. The number of carbonyl (C=O) groups is 1. The van der Waals surface area contributed by atoms with Gasteiger partial charge in [-0.2, -0.15) is 0 Å². The summed E-state index contributed by atoms with van der Waals surface area (Å²) in [6.07, 6.45) is 15.1. The Labute approximate surface area is 138 Å². The minimum atomic E-state index is -0.0449. The quantitative estimate of drug-likeness (QED) is 0.257. The van der Waals surface area contributed by atoms with E-state index < -0.39 is 0 Å². The standard InChI is InChI=1S/C19H38O3/c1-3-5-7-8-9-10-11-12-13-15-19(20)22-18-14-17-21-16-6-4-2/h3-18H2,1-2H3. The van der Waals surface area contributed by atoms with Crippen LogP contribution in [0.5, 0.6) is 0 Å². The van der Waals surface area contributed by atoms with Crippen LogP contribution in [0.2, 0.25) is 0 Å². The highest BCUT2D eigenvalue weighted by molar-refractivity contribution is 5.69. The van der Waals surface area contributed by atoms with Gasteiger partial charge in [0.25, 0.3) is 0 Å². The van der Waals surface area contributed by atoms with Gasteiger partial charge < -0.3 is 9.47 Å². The van der Waals surface area contributed by atoms with Crippen LogP contribution in [0.4, 0.5) is 0 Å². The molecule has 0 aromatic rings. The number of hydrogen-bond donors (Lipinski definition) is 0. The lowest BCUT2D eigenvalue weighted by molar-refractivity contribution is -0.144. The van der Waals surface area contributed by atoms with Crippen LogP contribution in [0.1, 0.15) is 97.3 Å². The second kappa shape index (κ2) is 18.5. The minimum Gasteiger partial charge on any atom is -0.466 e. The Morgan fingerprint density at radius 1 is 0.636 bits per heavy atom. The van der Waals surface area contributed by atoms with Gasteiger partial charge in [0.2, 0.25) is 0 Å². The topological polar surface area (TPSA) is 35.5 Å². The summed E-state index contributed by atoms with van der Waals surface area (Å²) in [6.45, 7) is 6.42. The van der Waals surface area contributed by atoms with E-state index in [-0.39, 0.29) is 5.97 Å². The fourth-order valence-corrected chi connectivity index (χ4v) is 2.35. The van der Waals surface area contributed by atoms with Gasteiger partial charge in [0, 0.05) is 26.1 Å². The Morgan fingerprint density at radius 3 is 1.82 bits per heavy atom. The zero-order chi connectivity index (χ0) is 16.3. The maximum atomic E-state index is 11.5. The van der Waals surface area contributed by atoms with Crippen molar-refractivity contribution >= 4 is 5.97 Å². The van der Waals surface area contributed by atoms with Crippen LogP contribution < -0.4 is 0 Å². The molecule has 22 heavy (non-hydrogen) atoms. The first-order valence-electron chi connectivity index (χ1n) is 9.54. The molecule has 0 N–H and O–H groups in total. The molecular formula is C19H38O3. The van der Waals surface area contributed by atoms with Gasteiger partial charge in [-0.25, -0.2) is 0 Å². The Morgan fingerprint density at radius 2 is 1.18 bits per heavy atom. The van der Waals surface area contributed by atoms with E-state index in [9.17, 15) is 4.79 Å². The van der Waals surface area contributed by atoms with Crippen LogP contribution in [0.3, 0.4) is 0 Å². The first kappa shape index (κ1) is 21.4. The first-order valence-corrected chi connectivity index (χ1v) is 9.54. The fourth-order valence-electron chi connectivity index (χ4n) is 2.35. The summed E-state index contributed by atoms with van der Waals surface area (Å²) < 4.78 is 10.6. The molecule has 0 radical (unpaired) electrons. The van der Waals surface area contributed by atoms with Gasteiger partial charge in [0.15, 0.2) is 0 Å². The SMILES string of the molecule is CCCCCCCCCCCC(=O)OCCCOCCCC. The Kier molecular flexibility index (Phi) is 18.0. The largest absolute Gasteiger partial charge is 0.466 e. The van der Waals surface area contributed by atoms with Crippen molar-refractivity contribution < 1.29 is 14.3 Å². The first-order chi connectivity index (χ1) is 10.8. The molecule has 0 saturated heterocycles. The molecule has 0 aromatic heterocycles. The van der Waals surface area contributed by atoms with Gasteiger partial charge in [0.1, 0.15) is 0 Å². The molecular weight excluding hydrogens is 276 g/mol. The van der Waals surface area contributed by atoms with Crippen LogP contribution in [-0.4, -0.2) is 25.8 Å². The van der Waals surface area contributed by atoms with E-state index in [1.54, 1.807) is 0 Å². The lowest BCUT2D eigenvalue weighted by Gasteiger charge is -2.06. The molecule has 0 spiro atoms. The Hall–Kier alpha value is -0.570. The number of esters is 1. The van der Waals surface area contributed by atoms with Crippen molar-refractivity contribution in [1.29, 1.82) is 0 Å². The zero-order valence-electron chi connectivity index (χ0n) is 15.0. The number of carbonyl (C=O) groups excluding carboxylic acids is 1. The normalized spacial score (nSPS) is 10.8. The number of ether oxygens (including phenoxy) is 2. The maximum Gasteiger partial charge on any atom is 0.305 e. The van der Waals surface area contributed by atoms with Crippen molar-refractivity contribution in [2.24, 2.45) is 0 Å². The van der Waals surface area contributed by atoms with Crippen molar-refractivity contribution in [3.8, 4) is 0 Å². The van der Waals surface area contributed by atoms with Gasteiger partial charge in [0.05, 0.1) is 6.61 Å². The van der Waals surface area contributed by atoms with Crippen molar-refractivity contribution in [3.05, 3.63) is 0 Å². The average molecular weight is 315 g/mol. The monoisotopic (exact) mass is 314 g/mol. The third-order valence-corrected chi connectivity index (χ3v) is 3.82. The van der Waals surface area contributed by atoms with Gasteiger partial charge >= 0.3 is 5.97 Å². The van der Waals surface area contributed by atoms with Crippen LogP contribution in [0.15, 0.2) is 0 Å². The van der Waals surface area contributed by atoms with Crippen LogP contribution in [-0.2, 0) is 14.3 Å². The second-order valence-electron chi connectivity index (χ2n) is 6.12. The lowest BCUT2D eigenvalue weighted by Crippen LogP contribution is -2.08.